The van der Waals surface area contributed by atoms with E-state index in [9.17, 15) is 18.4 Å². The molecule has 0 aliphatic heterocycles. The normalized spacial score (nSPS) is 19.2. The van der Waals surface area contributed by atoms with Gasteiger partial charge in [-0.1, -0.05) is 33.1 Å². The Morgan fingerprint density at radius 2 is 1.74 bits per heavy atom. The average molecular weight is 278 g/mol. The maximum absolute atomic E-state index is 13.5. The molecule has 0 heterocycles. The second kappa shape index (κ2) is 6.30. The van der Waals surface area contributed by atoms with E-state index in [4.69, 9.17) is 9.84 Å². The van der Waals surface area contributed by atoms with E-state index >= 15 is 0 Å². The molecule has 0 aromatic carbocycles. The van der Waals surface area contributed by atoms with Crippen LogP contribution in [-0.4, -0.2) is 29.1 Å². The van der Waals surface area contributed by atoms with Crippen LogP contribution in [0.25, 0.3) is 0 Å². The molecule has 0 spiro atoms. The van der Waals surface area contributed by atoms with Crippen LogP contribution in [0.2, 0.25) is 0 Å². The molecule has 0 bridgehead atoms. The number of carboxylic acids is 1. The van der Waals surface area contributed by atoms with Crippen molar-refractivity contribution in [3.8, 4) is 0 Å². The zero-order valence-corrected chi connectivity index (χ0v) is 11.2. The predicted octanol–water partition coefficient (Wildman–Crippen LogP) is 2.85. The monoisotopic (exact) mass is 278 g/mol. The molecule has 1 N–H and O–H groups in total. The number of carbonyl (C=O) groups is 2. The Hall–Kier alpha value is -1.20. The number of hydrogen-bond donors (Lipinski definition) is 1. The summed E-state index contributed by atoms with van der Waals surface area (Å²) in [6, 6.07) is 0. The summed E-state index contributed by atoms with van der Waals surface area (Å²) in [6.07, 6.45) is 2.12. The summed E-state index contributed by atoms with van der Waals surface area (Å²) in [5, 5.41) is 8.54. The van der Waals surface area contributed by atoms with Crippen molar-refractivity contribution in [1.82, 2.24) is 0 Å². The largest absolute Gasteiger partial charge is 0.477 e. The van der Waals surface area contributed by atoms with Gasteiger partial charge in [0.15, 0.2) is 6.10 Å². The molecule has 1 saturated carbocycles. The minimum absolute atomic E-state index is 0.375. The van der Waals surface area contributed by atoms with E-state index in [1.165, 1.54) is 13.8 Å². The smallest absolute Gasteiger partial charge is 0.378 e. The van der Waals surface area contributed by atoms with Crippen molar-refractivity contribution in [1.29, 1.82) is 0 Å². The molecular weight excluding hydrogens is 258 g/mol. The molecule has 4 nitrogen and oxygen atoms in total. The highest BCUT2D eigenvalue weighted by Gasteiger charge is 2.52. The molecule has 1 fully saturated rings. The third-order valence-electron chi connectivity index (χ3n) is 3.43. The lowest BCUT2D eigenvalue weighted by Gasteiger charge is -2.29. The fraction of sp³-hybridized carbons (Fsp3) is 0.846. The molecule has 6 heteroatoms. The molecule has 0 amide bonds. The number of halogens is 2. The molecule has 0 saturated heterocycles. The molecule has 0 aromatic heterocycles. The lowest BCUT2D eigenvalue weighted by Crippen LogP contribution is -2.47. The zero-order valence-electron chi connectivity index (χ0n) is 11.2. The first kappa shape index (κ1) is 15.9. The molecule has 1 unspecified atom stereocenters. The Labute approximate surface area is 111 Å². The minimum atomic E-state index is -4.06. The molecular formula is C13H20F2O4. The Bertz CT molecular complexity index is 336. The standard InChI is InChI=1S/C13H20F2O4/c1-8(2)10(13(14,15)12(17)18)19-11(16)9-6-4-3-5-7-9/h8-10H,3-7H2,1-2H3,(H,17,18). The van der Waals surface area contributed by atoms with E-state index in [1.54, 1.807) is 0 Å². The molecule has 1 atom stereocenters. The first-order valence-corrected chi connectivity index (χ1v) is 6.58. The Morgan fingerprint density at radius 1 is 1.21 bits per heavy atom. The number of carbonyl (C=O) groups excluding carboxylic acids is 1. The molecule has 0 radical (unpaired) electrons. The van der Waals surface area contributed by atoms with Gasteiger partial charge in [0.05, 0.1) is 5.92 Å². The summed E-state index contributed by atoms with van der Waals surface area (Å²) in [5.41, 5.74) is 0. The van der Waals surface area contributed by atoms with Crippen LogP contribution in [0.5, 0.6) is 0 Å². The van der Waals surface area contributed by atoms with Crippen LogP contribution in [-0.2, 0) is 14.3 Å². The fourth-order valence-electron chi connectivity index (χ4n) is 2.31. The number of carboxylic acid groups (broad SMARTS) is 1. The van der Waals surface area contributed by atoms with Gasteiger partial charge in [0.25, 0.3) is 0 Å². The van der Waals surface area contributed by atoms with Gasteiger partial charge < -0.3 is 9.84 Å². The van der Waals surface area contributed by atoms with Gasteiger partial charge in [-0.25, -0.2) is 4.79 Å². The Balaban J connectivity index is 2.73. The van der Waals surface area contributed by atoms with Crippen LogP contribution in [0, 0.1) is 11.8 Å². The van der Waals surface area contributed by atoms with Crippen LogP contribution in [0.1, 0.15) is 46.0 Å². The van der Waals surface area contributed by atoms with Crippen LogP contribution >= 0.6 is 0 Å². The van der Waals surface area contributed by atoms with Gasteiger partial charge in [0, 0.05) is 0 Å². The maximum Gasteiger partial charge on any atom is 0.378 e. The number of aliphatic carboxylic acids is 1. The van der Waals surface area contributed by atoms with Crippen molar-refractivity contribution in [2.24, 2.45) is 11.8 Å². The zero-order chi connectivity index (χ0) is 14.6. The molecule has 0 aromatic rings. The molecule has 110 valence electrons. The van der Waals surface area contributed by atoms with E-state index in [0.29, 0.717) is 12.8 Å². The number of ether oxygens (including phenoxy) is 1. The molecule has 1 aliphatic rings. The van der Waals surface area contributed by atoms with Crippen molar-refractivity contribution in [3.05, 3.63) is 0 Å². The summed E-state index contributed by atoms with van der Waals surface area (Å²) in [7, 11) is 0. The van der Waals surface area contributed by atoms with E-state index in [0.717, 1.165) is 19.3 Å². The van der Waals surface area contributed by atoms with Crippen molar-refractivity contribution in [2.45, 2.75) is 58.0 Å². The van der Waals surface area contributed by atoms with Gasteiger partial charge in [0.2, 0.25) is 0 Å². The first-order chi connectivity index (χ1) is 8.76. The summed E-state index contributed by atoms with van der Waals surface area (Å²) >= 11 is 0. The van der Waals surface area contributed by atoms with E-state index in [1.807, 2.05) is 0 Å². The van der Waals surface area contributed by atoms with Crippen molar-refractivity contribution in [2.75, 3.05) is 0 Å². The lowest BCUT2D eigenvalue weighted by molar-refractivity contribution is -0.201. The van der Waals surface area contributed by atoms with Crippen molar-refractivity contribution in [3.63, 3.8) is 0 Å². The van der Waals surface area contributed by atoms with Crippen LogP contribution in [0.15, 0.2) is 0 Å². The van der Waals surface area contributed by atoms with Gasteiger partial charge in [0.1, 0.15) is 0 Å². The van der Waals surface area contributed by atoms with Gasteiger partial charge in [-0.05, 0) is 18.8 Å². The van der Waals surface area contributed by atoms with Crippen LogP contribution < -0.4 is 0 Å². The summed E-state index contributed by atoms with van der Waals surface area (Å²) in [4.78, 5) is 22.4. The van der Waals surface area contributed by atoms with Gasteiger partial charge in [-0.15, -0.1) is 0 Å². The first-order valence-electron chi connectivity index (χ1n) is 6.58. The highest BCUT2D eigenvalue weighted by atomic mass is 19.3. The minimum Gasteiger partial charge on any atom is -0.477 e. The fourth-order valence-corrected chi connectivity index (χ4v) is 2.31. The quantitative estimate of drug-likeness (QED) is 0.785. The summed E-state index contributed by atoms with van der Waals surface area (Å²) in [6.45, 7) is 2.82. The van der Waals surface area contributed by atoms with E-state index < -0.39 is 29.9 Å². The Kier molecular flexibility index (Phi) is 5.26. The molecule has 1 rings (SSSR count). The third kappa shape index (κ3) is 3.88. The second-order valence-electron chi connectivity index (χ2n) is 5.36. The second-order valence-corrected chi connectivity index (χ2v) is 5.36. The average Bonchev–Trinajstić information content (AvgIpc) is 2.35. The van der Waals surface area contributed by atoms with Gasteiger partial charge in [-0.2, -0.15) is 8.78 Å². The Morgan fingerprint density at radius 3 is 2.16 bits per heavy atom. The van der Waals surface area contributed by atoms with Gasteiger partial charge >= 0.3 is 17.9 Å². The summed E-state index contributed by atoms with van der Waals surface area (Å²) in [5.74, 6) is -8.15. The number of hydrogen-bond acceptors (Lipinski definition) is 3. The maximum atomic E-state index is 13.5. The highest BCUT2D eigenvalue weighted by Crippen LogP contribution is 2.31. The van der Waals surface area contributed by atoms with Crippen molar-refractivity contribution < 1.29 is 28.2 Å². The van der Waals surface area contributed by atoms with Gasteiger partial charge in [-0.3, -0.25) is 4.79 Å². The highest BCUT2D eigenvalue weighted by molar-refractivity contribution is 5.78. The number of esters is 1. The SMILES string of the molecule is CC(C)C(OC(=O)C1CCCCC1)C(F)(F)C(=O)O. The van der Waals surface area contributed by atoms with E-state index in [-0.39, 0.29) is 5.92 Å². The topological polar surface area (TPSA) is 63.6 Å². The lowest BCUT2D eigenvalue weighted by atomic mass is 9.89. The molecule has 19 heavy (non-hydrogen) atoms. The van der Waals surface area contributed by atoms with Crippen LogP contribution in [0.4, 0.5) is 8.78 Å². The van der Waals surface area contributed by atoms with E-state index in [2.05, 4.69) is 0 Å². The van der Waals surface area contributed by atoms with Crippen LogP contribution in [0.3, 0.4) is 0 Å². The number of alkyl halides is 2. The number of rotatable bonds is 5. The summed E-state index contributed by atoms with van der Waals surface area (Å²) < 4.78 is 31.8. The van der Waals surface area contributed by atoms with Crippen molar-refractivity contribution >= 4 is 11.9 Å². The predicted molar refractivity (Wildman–Crippen MR) is 63.9 cm³/mol. The third-order valence-corrected chi connectivity index (χ3v) is 3.43. The molecule has 1 aliphatic carbocycles.